The first-order valence-electron chi connectivity index (χ1n) is 8.19. The van der Waals surface area contributed by atoms with Gasteiger partial charge in [0, 0.05) is 13.1 Å². The highest BCUT2D eigenvalue weighted by Crippen LogP contribution is 2.27. The Labute approximate surface area is 144 Å². The molecule has 25 heavy (non-hydrogen) atoms. The van der Waals surface area contributed by atoms with Crippen LogP contribution in [0.15, 0.2) is 53.1 Å². The number of furan rings is 1. The summed E-state index contributed by atoms with van der Waals surface area (Å²) in [6.45, 7) is 1.10. The fourth-order valence-corrected chi connectivity index (χ4v) is 3.35. The van der Waals surface area contributed by atoms with Gasteiger partial charge in [0.05, 0.1) is 18.5 Å². The summed E-state index contributed by atoms with van der Waals surface area (Å²) in [7, 11) is 0. The average molecular weight is 339 g/mol. The number of imide groups is 1. The number of urea groups is 1. The Balaban J connectivity index is 1.60. The molecule has 4 amide bonds. The van der Waals surface area contributed by atoms with E-state index in [1.54, 1.807) is 46.2 Å². The van der Waals surface area contributed by atoms with Crippen LogP contribution < -0.4 is 4.90 Å². The molecule has 0 aliphatic carbocycles. The number of para-hydroxylation sites is 1. The van der Waals surface area contributed by atoms with Gasteiger partial charge in [0.25, 0.3) is 11.8 Å². The minimum Gasteiger partial charge on any atom is -0.459 e. The normalized spacial score (nSPS) is 20.6. The van der Waals surface area contributed by atoms with Gasteiger partial charge in [0.15, 0.2) is 5.76 Å². The van der Waals surface area contributed by atoms with E-state index < -0.39 is 6.04 Å². The van der Waals surface area contributed by atoms with Crippen molar-refractivity contribution in [1.29, 1.82) is 0 Å². The molecule has 1 aromatic heterocycles. The van der Waals surface area contributed by atoms with Crippen molar-refractivity contribution in [1.82, 2.24) is 9.80 Å². The first kappa shape index (κ1) is 15.4. The summed E-state index contributed by atoms with van der Waals surface area (Å²) in [6, 6.07) is 11.1. The lowest BCUT2D eigenvalue weighted by Crippen LogP contribution is -2.43. The van der Waals surface area contributed by atoms with E-state index in [0.717, 1.165) is 0 Å². The Morgan fingerprint density at radius 2 is 1.84 bits per heavy atom. The number of rotatable bonds is 2. The number of carbonyl (C=O) groups excluding carboxylic acids is 3. The number of benzene rings is 1. The number of carbonyl (C=O) groups is 3. The highest BCUT2D eigenvalue weighted by molar-refractivity contribution is 6.21. The molecule has 0 N–H and O–H groups in total. The second-order valence-electron chi connectivity index (χ2n) is 6.08. The van der Waals surface area contributed by atoms with Crippen LogP contribution in [0.5, 0.6) is 0 Å². The van der Waals surface area contributed by atoms with Crippen LogP contribution in [-0.2, 0) is 4.79 Å². The Bertz CT molecular complexity index is 803. The van der Waals surface area contributed by atoms with Crippen LogP contribution in [0.2, 0.25) is 0 Å². The van der Waals surface area contributed by atoms with Crippen LogP contribution in [0.4, 0.5) is 10.5 Å². The second-order valence-corrected chi connectivity index (χ2v) is 6.08. The van der Waals surface area contributed by atoms with Crippen LogP contribution in [0.1, 0.15) is 17.0 Å². The molecule has 4 rings (SSSR count). The number of hydrogen-bond acceptors (Lipinski definition) is 4. The zero-order valence-electron chi connectivity index (χ0n) is 13.5. The Kier molecular flexibility index (Phi) is 3.76. The molecule has 2 aliphatic heterocycles. The number of hydrogen-bond donors (Lipinski definition) is 0. The zero-order valence-corrected chi connectivity index (χ0v) is 13.5. The Morgan fingerprint density at radius 1 is 1.04 bits per heavy atom. The molecule has 2 aliphatic rings. The van der Waals surface area contributed by atoms with Crippen LogP contribution in [0.3, 0.4) is 0 Å². The van der Waals surface area contributed by atoms with Gasteiger partial charge < -0.3 is 14.2 Å². The van der Waals surface area contributed by atoms with E-state index in [1.165, 1.54) is 11.2 Å². The molecule has 0 saturated carbocycles. The van der Waals surface area contributed by atoms with Crippen LogP contribution in [0, 0.1) is 0 Å². The third kappa shape index (κ3) is 2.57. The third-order valence-electron chi connectivity index (χ3n) is 4.57. The number of nitrogens with zero attached hydrogens (tertiary/aromatic N) is 3. The standard InChI is InChI=1S/C18H17N3O4/c22-16-14-12-19(17(23)15-8-4-11-25-15)9-5-10-20(14)18(24)21(16)13-6-2-1-3-7-13/h1-4,6-8,11,14H,5,9-10,12H2. The number of amides is 4. The van der Waals surface area contributed by atoms with Crippen molar-refractivity contribution in [3.8, 4) is 0 Å². The summed E-state index contributed by atoms with van der Waals surface area (Å²) in [5.41, 5.74) is 0.550. The maximum absolute atomic E-state index is 12.9. The minimum absolute atomic E-state index is 0.174. The predicted molar refractivity (Wildman–Crippen MR) is 89.0 cm³/mol. The fourth-order valence-electron chi connectivity index (χ4n) is 3.35. The summed E-state index contributed by atoms with van der Waals surface area (Å²) in [6.07, 6.45) is 2.06. The molecule has 1 unspecified atom stereocenters. The SMILES string of the molecule is O=C(c1ccco1)N1CCCN2C(=O)N(c3ccccc3)C(=O)C2C1. The highest BCUT2D eigenvalue weighted by Gasteiger charge is 2.47. The largest absolute Gasteiger partial charge is 0.459 e. The van der Waals surface area contributed by atoms with Gasteiger partial charge in [0.2, 0.25) is 0 Å². The Hall–Kier alpha value is -3.09. The van der Waals surface area contributed by atoms with E-state index in [1.807, 2.05) is 6.07 Å². The zero-order chi connectivity index (χ0) is 17.4. The molecule has 7 nitrogen and oxygen atoms in total. The van der Waals surface area contributed by atoms with Crippen molar-refractivity contribution in [3.05, 3.63) is 54.5 Å². The summed E-state index contributed by atoms with van der Waals surface area (Å²) in [5, 5.41) is 0. The molecule has 3 heterocycles. The van der Waals surface area contributed by atoms with Crippen molar-refractivity contribution < 1.29 is 18.8 Å². The first-order valence-corrected chi connectivity index (χ1v) is 8.19. The van der Waals surface area contributed by atoms with Gasteiger partial charge in [0.1, 0.15) is 6.04 Å². The van der Waals surface area contributed by atoms with Crippen molar-refractivity contribution in [2.24, 2.45) is 0 Å². The van der Waals surface area contributed by atoms with E-state index in [9.17, 15) is 14.4 Å². The number of fused-ring (bicyclic) bond motifs is 1. The van der Waals surface area contributed by atoms with Gasteiger partial charge >= 0.3 is 6.03 Å². The number of anilines is 1. The molecule has 128 valence electrons. The molecule has 0 radical (unpaired) electrons. The van der Waals surface area contributed by atoms with Crippen LogP contribution in [0.25, 0.3) is 0 Å². The highest BCUT2D eigenvalue weighted by atomic mass is 16.3. The molecular formula is C18H17N3O4. The maximum atomic E-state index is 12.9. The summed E-state index contributed by atoms with van der Waals surface area (Å²) >= 11 is 0. The summed E-state index contributed by atoms with van der Waals surface area (Å²) in [4.78, 5) is 42.5. The third-order valence-corrected chi connectivity index (χ3v) is 4.57. The van der Waals surface area contributed by atoms with Crippen LogP contribution >= 0.6 is 0 Å². The van der Waals surface area contributed by atoms with E-state index in [2.05, 4.69) is 0 Å². The van der Waals surface area contributed by atoms with Crippen LogP contribution in [-0.4, -0.2) is 53.3 Å². The first-order chi connectivity index (χ1) is 12.2. The van der Waals surface area contributed by atoms with Gasteiger partial charge in [-0.15, -0.1) is 0 Å². The molecular weight excluding hydrogens is 322 g/mol. The van der Waals surface area contributed by atoms with Gasteiger partial charge in [-0.2, -0.15) is 0 Å². The average Bonchev–Trinajstić information content (AvgIpc) is 3.16. The molecule has 2 aromatic rings. The minimum atomic E-state index is -0.658. The lowest BCUT2D eigenvalue weighted by atomic mass is 10.2. The van der Waals surface area contributed by atoms with Crippen molar-refractivity contribution in [2.75, 3.05) is 24.5 Å². The molecule has 2 fully saturated rings. The van der Waals surface area contributed by atoms with E-state index in [-0.39, 0.29) is 30.2 Å². The monoisotopic (exact) mass is 339 g/mol. The van der Waals surface area contributed by atoms with Gasteiger partial charge in [-0.3, -0.25) is 9.59 Å². The Morgan fingerprint density at radius 3 is 2.56 bits per heavy atom. The van der Waals surface area contributed by atoms with Crippen molar-refractivity contribution in [2.45, 2.75) is 12.5 Å². The molecule has 0 spiro atoms. The topological polar surface area (TPSA) is 74.1 Å². The predicted octanol–water partition coefficient (Wildman–Crippen LogP) is 1.96. The fraction of sp³-hybridized carbons (Fsp3) is 0.278. The molecule has 1 aromatic carbocycles. The van der Waals surface area contributed by atoms with Gasteiger partial charge in [-0.25, -0.2) is 9.69 Å². The van der Waals surface area contributed by atoms with Crippen molar-refractivity contribution in [3.63, 3.8) is 0 Å². The summed E-state index contributed by atoms with van der Waals surface area (Å²) in [5.74, 6) is -0.314. The lowest BCUT2D eigenvalue weighted by molar-refractivity contribution is -0.119. The van der Waals surface area contributed by atoms with Gasteiger partial charge in [-0.1, -0.05) is 18.2 Å². The van der Waals surface area contributed by atoms with Crippen molar-refractivity contribution >= 4 is 23.5 Å². The van der Waals surface area contributed by atoms with Gasteiger partial charge in [-0.05, 0) is 30.7 Å². The lowest BCUT2D eigenvalue weighted by Gasteiger charge is -2.22. The van der Waals surface area contributed by atoms with E-state index in [4.69, 9.17) is 4.42 Å². The molecule has 0 bridgehead atoms. The van der Waals surface area contributed by atoms with E-state index >= 15 is 0 Å². The summed E-state index contributed by atoms with van der Waals surface area (Å²) < 4.78 is 5.17. The molecule has 2 saturated heterocycles. The van der Waals surface area contributed by atoms with E-state index in [0.29, 0.717) is 25.2 Å². The smallest absolute Gasteiger partial charge is 0.332 e. The second kappa shape index (κ2) is 6.08. The quantitative estimate of drug-likeness (QED) is 0.784. The molecule has 1 atom stereocenters. The molecule has 7 heteroatoms. The maximum Gasteiger partial charge on any atom is 0.332 e.